The maximum Gasteiger partial charge on any atom is 0.323 e. The molecule has 0 spiro atoms. The van der Waals surface area contributed by atoms with Gasteiger partial charge in [0.2, 0.25) is 0 Å². The summed E-state index contributed by atoms with van der Waals surface area (Å²) in [5.41, 5.74) is -0.700. The Hall–Kier alpha value is -0.390. The monoisotopic (exact) mass is 317 g/mol. The average molecular weight is 318 g/mol. The first-order valence-corrected chi connectivity index (χ1v) is 7.36. The number of carboxylic acids is 1. The van der Waals surface area contributed by atoms with Crippen LogP contribution in [-0.4, -0.2) is 28.1 Å². The molecule has 94 valence electrons. The van der Waals surface area contributed by atoms with Crippen molar-refractivity contribution in [3.8, 4) is 0 Å². The van der Waals surface area contributed by atoms with E-state index < -0.39 is 11.5 Å². The van der Waals surface area contributed by atoms with Gasteiger partial charge in [-0.05, 0) is 60.8 Å². The topological polar surface area (TPSA) is 40.5 Å². The number of carbonyl (C=O) groups is 1. The van der Waals surface area contributed by atoms with Gasteiger partial charge in [0.05, 0.1) is 3.79 Å². The standard InChI is InChI=1S/C12H16BrNO2S/c1-12(11(15)16)6-2-3-7-14(12)8-9-4-5-10(13)17-9/h4-5H,2-3,6-8H2,1H3,(H,15,16). The number of hydrogen-bond acceptors (Lipinski definition) is 3. The Bertz CT molecular complexity index is 420. The molecule has 5 heteroatoms. The van der Waals surface area contributed by atoms with Crippen molar-refractivity contribution in [1.29, 1.82) is 0 Å². The van der Waals surface area contributed by atoms with Gasteiger partial charge in [0.25, 0.3) is 0 Å². The summed E-state index contributed by atoms with van der Waals surface area (Å²) in [6.07, 6.45) is 2.84. The molecule has 1 N–H and O–H groups in total. The molecule has 2 heterocycles. The second-order valence-electron chi connectivity index (χ2n) is 4.66. The van der Waals surface area contributed by atoms with Crippen molar-refractivity contribution in [1.82, 2.24) is 4.90 Å². The van der Waals surface area contributed by atoms with Gasteiger partial charge in [-0.15, -0.1) is 11.3 Å². The van der Waals surface area contributed by atoms with Gasteiger partial charge in [0.1, 0.15) is 5.54 Å². The largest absolute Gasteiger partial charge is 0.480 e. The number of nitrogens with zero attached hydrogens (tertiary/aromatic N) is 1. The minimum absolute atomic E-state index is 0.700. The Morgan fingerprint density at radius 2 is 2.35 bits per heavy atom. The molecule has 1 aromatic heterocycles. The van der Waals surface area contributed by atoms with E-state index in [1.165, 1.54) is 4.88 Å². The molecule has 2 rings (SSSR count). The number of hydrogen-bond donors (Lipinski definition) is 1. The zero-order valence-electron chi connectivity index (χ0n) is 9.78. The predicted molar refractivity (Wildman–Crippen MR) is 72.3 cm³/mol. The third-order valence-electron chi connectivity index (χ3n) is 3.48. The molecule has 0 aliphatic carbocycles. The molecule has 0 aromatic carbocycles. The van der Waals surface area contributed by atoms with Crippen molar-refractivity contribution in [2.75, 3.05) is 6.54 Å². The SMILES string of the molecule is CC1(C(=O)O)CCCCN1Cc1ccc(Br)s1. The van der Waals surface area contributed by atoms with E-state index in [1.807, 2.05) is 13.0 Å². The van der Waals surface area contributed by atoms with Crippen LogP contribution >= 0.6 is 27.3 Å². The van der Waals surface area contributed by atoms with Crippen LogP contribution in [0.3, 0.4) is 0 Å². The maximum atomic E-state index is 11.4. The third kappa shape index (κ3) is 2.72. The third-order valence-corrected chi connectivity index (χ3v) is 5.08. The Morgan fingerprint density at radius 1 is 1.59 bits per heavy atom. The molecule has 0 amide bonds. The molecule has 1 aromatic rings. The van der Waals surface area contributed by atoms with Crippen LogP contribution in [0.25, 0.3) is 0 Å². The first-order valence-electron chi connectivity index (χ1n) is 5.75. The quantitative estimate of drug-likeness (QED) is 0.929. The Kier molecular flexibility index (Phi) is 3.90. The first-order chi connectivity index (χ1) is 8.02. The van der Waals surface area contributed by atoms with E-state index in [0.29, 0.717) is 0 Å². The molecule has 1 saturated heterocycles. The molecule has 1 aliphatic heterocycles. The van der Waals surface area contributed by atoms with E-state index in [2.05, 4.69) is 26.9 Å². The predicted octanol–water partition coefficient (Wildman–Crippen LogP) is 3.34. The summed E-state index contributed by atoms with van der Waals surface area (Å²) >= 11 is 5.11. The number of halogens is 1. The maximum absolute atomic E-state index is 11.4. The zero-order chi connectivity index (χ0) is 12.5. The van der Waals surface area contributed by atoms with E-state index in [4.69, 9.17) is 0 Å². The summed E-state index contributed by atoms with van der Waals surface area (Å²) in [5, 5.41) is 9.40. The van der Waals surface area contributed by atoms with Crippen molar-refractivity contribution >= 4 is 33.2 Å². The first kappa shape index (κ1) is 13.1. The van der Waals surface area contributed by atoms with E-state index >= 15 is 0 Å². The summed E-state index contributed by atoms with van der Waals surface area (Å²) in [4.78, 5) is 14.7. The van der Waals surface area contributed by atoms with Crippen LogP contribution in [0.4, 0.5) is 0 Å². The molecule has 0 saturated carbocycles. The number of thiophene rings is 1. The Balaban J connectivity index is 2.14. The normalized spacial score (nSPS) is 26.0. The highest BCUT2D eigenvalue weighted by Gasteiger charge is 2.41. The highest BCUT2D eigenvalue weighted by atomic mass is 79.9. The van der Waals surface area contributed by atoms with Gasteiger partial charge in [-0.25, -0.2) is 0 Å². The number of rotatable bonds is 3. The van der Waals surface area contributed by atoms with Crippen LogP contribution in [0.15, 0.2) is 15.9 Å². The Morgan fingerprint density at radius 3 is 2.94 bits per heavy atom. The van der Waals surface area contributed by atoms with E-state index in [-0.39, 0.29) is 0 Å². The lowest BCUT2D eigenvalue weighted by atomic mass is 9.88. The summed E-state index contributed by atoms with van der Waals surface area (Å²) in [6.45, 7) is 3.45. The summed E-state index contributed by atoms with van der Waals surface area (Å²) in [7, 11) is 0. The second kappa shape index (κ2) is 5.08. The van der Waals surface area contributed by atoms with Crippen molar-refractivity contribution < 1.29 is 9.90 Å². The molecule has 0 radical (unpaired) electrons. The fourth-order valence-electron chi connectivity index (χ4n) is 2.30. The van der Waals surface area contributed by atoms with E-state index in [1.54, 1.807) is 11.3 Å². The smallest absolute Gasteiger partial charge is 0.323 e. The van der Waals surface area contributed by atoms with E-state index in [0.717, 1.165) is 36.1 Å². The van der Waals surface area contributed by atoms with Gasteiger partial charge >= 0.3 is 5.97 Å². The molecular weight excluding hydrogens is 302 g/mol. The highest BCUT2D eigenvalue weighted by Crippen LogP contribution is 2.32. The van der Waals surface area contributed by atoms with Gasteiger partial charge < -0.3 is 5.11 Å². The van der Waals surface area contributed by atoms with Gasteiger partial charge in [0.15, 0.2) is 0 Å². The van der Waals surface area contributed by atoms with Gasteiger partial charge in [-0.1, -0.05) is 0 Å². The minimum Gasteiger partial charge on any atom is -0.480 e. The fourth-order valence-corrected chi connectivity index (χ4v) is 3.80. The van der Waals surface area contributed by atoms with Crippen LogP contribution in [-0.2, 0) is 11.3 Å². The minimum atomic E-state index is -0.701. The van der Waals surface area contributed by atoms with Gasteiger partial charge in [-0.2, -0.15) is 0 Å². The Labute approximate surface area is 114 Å². The van der Waals surface area contributed by atoms with Gasteiger partial charge in [0, 0.05) is 11.4 Å². The molecule has 1 unspecified atom stereocenters. The van der Waals surface area contributed by atoms with Crippen LogP contribution in [0.1, 0.15) is 31.1 Å². The number of carboxylic acid groups (broad SMARTS) is 1. The lowest BCUT2D eigenvalue weighted by molar-refractivity contribution is -0.153. The number of likely N-dealkylation sites (tertiary alicyclic amines) is 1. The van der Waals surface area contributed by atoms with Crippen molar-refractivity contribution in [2.24, 2.45) is 0 Å². The second-order valence-corrected chi connectivity index (χ2v) is 7.21. The summed E-state index contributed by atoms with van der Waals surface area (Å²) < 4.78 is 1.10. The average Bonchev–Trinajstić information content (AvgIpc) is 2.67. The fraction of sp³-hybridized carbons (Fsp3) is 0.583. The molecule has 1 aliphatic rings. The van der Waals surface area contributed by atoms with Crippen LogP contribution in [0.5, 0.6) is 0 Å². The van der Waals surface area contributed by atoms with Crippen molar-refractivity contribution in [2.45, 2.75) is 38.3 Å². The van der Waals surface area contributed by atoms with Crippen LogP contribution in [0.2, 0.25) is 0 Å². The molecule has 0 bridgehead atoms. The molecular formula is C12H16BrNO2S. The van der Waals surface area contributed by atoms with Crippen molar-refractivity contribution in [3.63, 3.8) is 0 Å². The lowest BCUT2D eigenvalue weighted by Crippen LogP contribution is -2.54. The van der Waals surface area contributed by atoms with Crippen LogP contribution in [0, 0.1) is 0 Å². The highest BCUT2D eigenvalue weighted by molar-refractivity contribution is 9.11. The summed E-state index contributed by atoms with van der Waals surface area (Å²) in [5.74, 6) is -0.701. The lowest BCUT2D eigenvalue weighted by Gasteiger charge is -2.41. The molecule has 17 heavy (non-hydrogen) atoms. The molecule has 3 nitrogen and oxygen atoms in total. The number of aliphatic carboxylic acids is 1. The summed E-state index contributed by atoms with van der Waals surface area (Å²) in [6, 6.07) is 4.08. The van der Waals surface area contributed by atoms with Gasteiger partial charge in [-0.3, -0.25) is 9.69 Å². The van der Waals surface area contributed by atoms with Crippen LogP contribution < -0.4 is 0 Å². The number of piperidine rings is 1. The van der Waals surface area contributed by atoms with Crippen molar-refractivity contribution in [3.05, 3.63) is 20.8 Å². The molecule has 1 atom stereocenters. The molecule has 1 fully saturated rings. The van der Waals surface area contributed by atoms with E-state index in [9.17, 15) is 9.90 Å². The zero-order valence-corrected chi connectivity index (χ0v) is 12.2.